The summed E-state index contributed by atoms with van der Waals surface area (Å²) in [5.74, 6) is -11.5. The van der Waals surface area contributed by atoms with Crippen molar-refractivity contribution in [1.29, 1.82) is 0 Å². The Morgan fingerprint density at radius 1 is 0.882 bits per heavy atom. The summed E-state index contributed by atoms with van der Waals surface area (Å²) < 4.78 is 67.9. The standard InChI is InChI=1S/C24H23F5N4O/c1-33(2)16-11-17(32-15-6-4-3-5-14(15)16)30-12-7-9-13(10-8-12)31-24(34)18-19(25)21(27)23(29)22(28)20(18)26/h3-6,11-13H,7-10H2,1-2H3,(H,30,32)(H,31,34). The number of carbonyl (C=O) groups is 1. The van der Waals surface area contributed by atoms with Crippen LogP contribution in [0.4, 0.5) is 33.5 Å². The first kappa shape index (κ1) is 23.7. The molecule has 1 saturated carbocycles. The molecule has 0 saturated heterocycles. The van der Waals surface area contributed by atoms with Gasteiger partial charge in [0.05, 0.1) is 5.52 Å². The minimum atomic E-state index is -2.29. The summed E-state index contributed by atoms with van der Waals surface area (Å²) in [6, 6.07) is 9.34. The van der Waals surface area contributed by atoms with Gasteiger partial charge in [-0.3, -0.25) is 4.79 Å². The Hall–Kier alpha value is -3.43. The summed E-state index contributed by atoms with van der Waals surface area (Å²) >= 11 is 0. The van der Waals surface area contributed by atoms with E-state index in [1.54, 1.807) is 0 Å². The predicted octanol–water partition coefficient (Wildman–Crippen LogP) is 5.15. The Labute approximate surface area is 193 Å². The van der Waals surface area contributed by atoms with Crippen molar-refractivity contribution in [2.24, 2.45) is 0 Å². The fourth-order valence-electron chi connectivity index (χ4n) is 4.25. The van der Waals surface area contributed by atoms with Crippen LogP contribution in [0.3, 0.4) is 0 Å². The van der Waals surface area contributed by atoms with Crippen LogP contribution in [-0.2, 0) is 0 Å². The van der Waals surface area contributed by atoms with E-state index in [1.165, 1.54) is 0 Å². The van der Waals surface area contributed by atoms with Crippen molar-refractivity contribution in [3.8, 4) is 0 Å². The maximum Gasteiger partial charge on any atom is 0.257 e. The first-order valence-corrected chi connectivity index (χ1v) is 10.8. The van der Waals surface area contributed by atoms with Gasteiger partial charge >= 0.3 is 0 Å². The quantitative estimate of drug-likeness (QED) is 0.303. The number of rotatable bonds is 5. The third-order valence-corrected chi connectivity index (χ3v) is 6.03. The number of pyridine rings is 1. The van der Waals surface area contributed by atoms with Crippen LogP contribution in [0.15, 0.2) is 30.3 Å². The van der Waals surface area contributed by atoms with E-state index >= 15 is 0 Å². The zero-order chi connectivity index (χ0) is 24.6. The van der Waals surface area contributed by atoms with E-state index in [4.69, 9.17) is 0 Å². The molecule has 0 unspecified atom stereocenters. The van der Waals surface area contributed by atoms with Gasteiger partial charge in [-0.15, -0.1) is 0 Å². The molecule has 1 fully saturated rings. The third-order valence-electron chi connectivity index (χ3n) is 6.03. The molecule has 1 aliphatic carbocycles. The largest absolute Gasteiger partial charge is 0.377 e. The fourth-order valence-corrected chi connectivity index (χ4v) is 4.25. The molecule has 1 heterocycles. The van der Waals surface area contributed by atoms with Gasteiger partial charge in [-0.05, 0) is 31.7 Å². The minimum absolute atomic E-state index is 0.0472. The van der Waals surface area contributed by atoms with Crippen molar-refractivity contribution in [2.45, 2.75) is 37.8 Å². The van der Waals surface area contributed by atoms with Gasteiger partial charge in [0.1, 0.15) is 11.4 Å². The van der Waals surface area contributed by atoms with Crippen molar-refractivity contribution in [2.75, 3.05) is 24.3 Å². The molecular formula is C24H23F5N4O. The molecule has 2 aromatic carbocycles. The second kappa shape index (κ2) is 9.44. The van der Waals surface area contributed by atoms with Crippen molar-refractivity contribution >= 4 is 28.3 Å². The lowest BCUT2D eigenvalue weighted by Gasteiger charge is -2.30. The maximum atomic E-state index is 13.9. The van der Waals surface area contributed by atoms with Crippen LogP contribution in [0.2, 0.25) is 0 Å². The SMILES string of the molecule is CN(C)c1cc(NC2CCC(NC(=O)c3c(F)c(F)c(F)c(F)c3F)CC2)nc2ccccc12. The Bertz CT molecular complexity index is 1210. The van der Waals surface area contributed by atoms with Crippen LogP contribution in [0.5, 0.6) is 0 Å². The molecule has 2 N–H and O–H groups in total. The lowest BCUT2D eigenvalue weighted by Crippen LogP contribution is -2.41. The van der Waals surface area contributed by atoms with E-state index in [0.717, 1.165) is 16.6 Å². The zero-order valence-corrected chi connectivity index (χ0v) is 18.6. The van der Waals surface area contributed by atoms with E-state index in [-0.39, 0.29) is 6.04 Å². The Kier molecular flexibility index (Phi) is 6.58. The molecule has 34 heavy (non-hydrogen) atoms. The molecule has 0 atom stereocenters. The molecule has 3 aromatic rings. The summed E-state index contributed by atoms with van der Waals surface area (Å²) in [5, 5.41) is 6.83. The van der Waals surface area contributed by atoms with Crippen molar-refractivity contribution in [3.05, 3.63) is 65.0 Å². The van der Waals surface area contributed by atoms with Crippen LogP contribution in [0.25, 0.3) is 10.9 Å². The van der Waals surface area contributed by atoms with E-state index in [1.807, 2.05) is 49.3 Å². The molecule has 0 spiro atoms. The average molecular weight is 478 g/mol. The molecular weight excluding hydrogens is 455 g/mol. The van der Waals surface area contributed by atoms with Gasteiger partial charge in [-0.2, -0.15) is 0 Å². The minimum Gasteiger partial charge on any atom is -0.377 e. The van der Waals surface area contributed by atoms with Gasteiger partial charge in [-0.1, -0.05) is 18.2 Å². The summed E-state index contributed by atoms with van der Waals surface area (Å²) in [4.78, 5) is 19.0. The first-order chi connectivity index (χ1) is 16.2. The molecule has 0 bridgehead atoms. The number of halogens is 5. The average Bonchev–Trinajstić information content (AvgIpc) is 2.82. The number of carbonyl (C=O) groups excluding carboxylic acids is 1. The number of aromatic nitrogens is 1. The van der Waals surface area contributed by atoms with Gasteiger partial charge in [0.2, 0.25) is 5.82 Å². The number of fused-ring (bicyclic) bond motifs is 1. The van der Waals surface area contributed by atoms with E-state index < -0.39 is 46.6 Å². The highest BCUT2D eigenvalue weighted by Crippen LogP contribution is 2.30. The van der Waals surface area contributed by atoms with Crippen LogP contribution in [0.1, 0.15) is 36.0 Å². The second-order valence-electron chi connectivity index (χ2n) is 8.55. The number of benzene rings is 2. The predicted molar refractivity (Wildman–Crippen MR) is 119 cm³/mol. The van der Waals surface area contributed by atoms with Crippen LogP contribution in [0, 0.1) is 29.1 Å². The number of amides is 1. The fraction of sp³-hybridized carbons (Fsp3) is 0.333. The molecule has 10 heteroatoms. The maximum absolute atomic E-state index is 13.9. The lowest BCUT2D eigenvalue weighted by molar-refractivity contribution is 0.0914. The van der Waals surface area contributed by atoms with Crippen molar-refractivity contribution < 1.29 is 26.7 Å². The second-order valence-corrected chi connectivity index (χ2v) is 8.55. The van der Waals surface area contributed by atoms with E-state index in [9.17, 15) is 26.7 Å². The normalized spacial score (nSPS) is 18.1. The highest BCUT2D eigenvalue weighted by molar-refractivity contribution is 5.95. The van der Waals surface area contributed by atoms with Gasteiger partial charge in [0.15, 0.2) is 23.3 Å². The van der Waals surface area contributed by atoms with Crippen LogP contribution < -0.4 is 15.5 Å². The van der Waals surface area contributed by atoms with E-state index in [0.29, 0.717) is 31.5 Å². The smallest absolute Gasteiger partial charge is 0.257 e. The number of nitrogens with one attached hydrogen (secondary N) is 2. The van der Waals surface area contributed by atoms with Crippen molar-refractivity contribution in [3.63, 3.8) is 0 Å². The molecule has 5 nitrogen and oxygen atoms in total. The molecule has 0 radical (unpaired) electrons. The Morgan fingerprint density at radius 2 is 1.44 bits per heavy atom. The molecule has 4 rings (SSSR count). The highest BCUT2D eigenvalue weighted by Gasteiger charge is 2.31. The Balaban J connectivity index is 1.42. The molecule has 1 aromatic heterocycles. The monoisotopic (exact) mass is 478 g/mol. The summed E-state index contributed by atoms with van der Waals surface area (Å²) in [6.45, 7) is 0. The molecule has 1 amide bonds. The lowest BCUT2D eigenvalue weighted by atomic mass is 9.91. The van der Waals surface area contributed by atoms with Gasteiger partial charge in [0.25, 0.3) is 5.91 Å². The summed E-state index contributed by atoms with van der Waals surface area (Å²) in [5.41, 5.74) is 0.394. The number of nitrogens with zero attached hydrogens (tertiary/aromatic N) is 2. The van der Waals surface area contributed by atoms with Gasteiger partial charge in [0, 0.05) is 43.3 Å². The molecule has 0 aliphatic heterocycles. The van der Waals surface area contributed by atoms with Gasteiger partial charge < -0.3 is 15.5 Å². The van der Waals surface area contributed by atoms with Crippen LogP contribution in [-0.4, -0.2) is 37.1 Å². The zero-order valence-electron chi connectivity index (χ0n) is 18.6. The molecule has 180 valence electrons. The third kappa shape index (κ3) is 4.49. The van der Waals surface area contributed by atoms with Crippen LogP contribution >= 0.6 is 0 Å². The van der Waals surface area contributed by atoms with E-state index in [2.05, 4.69) is 15.6 Å². The topological polar surface area (TPSA) is 57.3 Å². The summed E-state index contributed by atoms with van der Waals surface area (Å²) in [7, 11) is 3.90. The number of hydrogen-bond acceptors (Lipinski definition) is 4. The summed E-state index contributed by atoms with van der Waals surface area (Å²) in [6.07, 6.45) is 2.17. The van der Waals surface area contributed by atoms with Gasteiger partial charge in [-0.25, -0.2) is 26.9 Å². The van der Waals surface area contributed by atoms with Crippen molar-refractivity contribution in [1.82, 2.24) is 10.3 Å². The first-order valence-electron chi connectivity index (χ1n) is 10.8. The number of para-hydroxylation sites is 1. The Morgan fingerprint density at radius 3 is 2.06 bits per heavy atom. The molecule has 1 aliphatic rings. The number of hydrogen-bond donors (Lipinski definition) is 2. The number of anilines is 2. The highest BCUT2D eigenvalue weighted by atomic mass is 19.2.